The number of benzene rings is 1. The molecule has 0 aromatic heterocycles. The van der Waals surface area contributed by atoms with Crippen molar-refractivity contribution >= 4 is 28.3 Å². The number of amidine groups is 1. The smallest absolute Gasteiger partial charge is 0.210 e. The van der Waals surface area contributed by atoms with Gasteiger partial charge in [-0.1, -0.05) is 32.5 Å². The molecule has 4 rings (SSSR count). The van der Waals surface area contributed by atoms with Gasteiger partial charge in [-0.3, -0.25) is 5.43 Å². The Labute approximate surface area is 165 Å². The second-order valence-electron chi connectivity index (χ2n) is 8.28. The van der Waals surface area contributed by atoms with E-state index in [2.05, 4.69) is 36.7 Å². The molecule has 27 heavy (non-hydrogen) atoms. The predicted molar refractivity (Wildman–Crippen MR) is 112 cm³/mol. The first kappa shape index (κ1) is 18.4. The lowest BCUT2D eigenvalue weighted by molar-refractivity contribution is 0.194. The van der Waals surface area contributed by atoms with Gasteiger partial charge in [0, 0.05) is 22.1 Å². The Hall–Kier alpha value is -1.95. The number of hydrogen-bond acceptors (Lipinski definition) is 6. The summed E-state index contributed by atoms with van der Waals surface area (Å²) in [6.45, 7) is 7.18. The highest BCUT2D eigenvalue weighted by atomic mass is 32.2. The van der Waals surface area contributed by atoms with Gasteiger partial charge in [-0.25, -0.2) is 4.99 Å². The Morgan fingerprint density at radius 1 is 1.19 bits per heavy atom. The van der Waals surface area contributed by atoms with Crippen LogP contribution in [-0.4, -0.2) is 25.1 Å². The Morgan fingerprint density at radius 3 is 2.52 bits per heavy atom. The fourth-order valence-electron chi connectivity index (χ4n) is 4.67. The molecule has 2 saturated carbocycles. The predicted octanol–water partition coefficient (Wildman–Crippen LogP) is 4.90. The van der Waals surface area contributed by atoms with E-state index >= 15 is 0 Å². The minimum absolute atomic E-state index is 0.202. The van der Waals surface area contributed by atoms with Crippen LogP contribution in [0.25, 0.3) is 5.70 Å². The zero-order valence-electron chi connectivity index (χ0n) is 16.6. The lowest BCUT2D eigenvalue weighted by Gasteiger charge is -2.34. The first-order valence-electron chi connectivity index (χ1n) is 9.40. The van der Waals surface area contributed by atoms with Crippen molar-refractivity contribution in [3.05, 3.63) is 29.2 Å². The number of hydrogen-bond donors (Lipinski definition) is 1. The summed E-state index contributed by atoms with van der Waals surface area (Å²) in [5.74, 6) is 2.17. The molecule has 1 heterocycles. The third-order valence-corrected chi connectivity index (χ3v) is 7.74. The molecular weight excluding hydrogens is 358 g/mol. The molecule has 1 aliphatic heterocycles. The van der Waals surface area contributed by atoms with Gasteiger partial charge in [0.1, 0.15) is 0 Å². The summed E-state index contributed by atoms with van der Waals surface area (Å²) in [7, 11) is 3.28. The molecule has 3 aliphatic rings. The maximum atomic E-state index is 5.39. The monoisotopic (exact) mass is 385 g/mol. The lowest BCUT2D eigenvalue weighted by atomic mass is 9.70. The molecule has 0 radical (unpaired) electrons. The molecule has 2 fully saturated rings. The largest absolute Gasteiger partial charge is 0.493 e. The zero-order valence-corrected chi connectivity index (χ0v) is 17.4. The number of thioether (sulfide) groups is 1. The maximum Gasteiger partial charge on any atom is 0.210 e. The second kappa shape index (κ2) is 6.59. The van der Waals surface area contributed by atoms with Gasteiger partial charge in [0.25, 0.3) is 0 Å². The molecule has 0 spiro atoms. The van der Waals surface area contributed by atoms with Crippen LogP contribution in [0.1, 0.15) is 45.6 Å². The van der Waals surface area contributed by atoms with Gasteiger partial charge in [-0.15, -0.1) is 5.10 Å². The summed E-state index contributed by atoms with van der Waals surface area (Å²) in [4.78, 5) is 4.95. The molecule has 2 unspecified atom stereocenters. The number of fused-ring (bicyclic) bond motifs is 2. The zero-order chi connectivity index (χ0) is 19.2. The average molecular weight is 386 g/mol. The van der Waals surface area contributed by atoms with E-state index in [0.717, 1.165) is 28.8 Å². The highest BCUT2D eigenvalue weighted by Gasteiger charge is 2.59. The van der Waals surface area contributed by atoms with Crippen molar-refractivity contribution < 1.29 is 9.47 Å². The molecule has 1 aromatic carbocycles. The highest BCUT2D eigenvalue weighted by Crippen LogP contribution is 2.64. The third-order valence-electron chi connectivity index (χ3n) is 6.99. The fourth-order valence-corrected chi connectivity index (χ4v) is 5.35. The van der Waals surface area contributed by atoms with Gasteiger partial charge < -0.3 is 9.47 Å². The SMILES string of the molecule is COc1ccc(C2=CSC(/N=C3\CC4CCC3(C)C4(C)C)=NN2)cc1OC. The van der Waals surface area contributed by atoms with Gasteiger partial charge in [-0.2, -0.15) is 0 Å². The van der Waals surface area contributed by atoms with Crippen LogP contribution in [0.15, 0.2) is 33.7 Å². The van der Waals surface area contributed by atoms with Gasteiger partial charge in [0.15, 0.2) is 11.5 Å². The van der Waals surface area contributed by atoms with E-state index in [0.29, 0.717) is 16.9 Å². The molecule has 0 amide bonds. The molecule has 144 valence electrons. The Balaban J connectivity index is 1.51. The standard InChI is InChI=1S/C21H27N3O2S/c1-20(2)14-8-9-21(20,3)18(11-14)22-19-24-23-15(12-27-19)13-6-7-16(25-4)17(10-13)26-5/h6-7,10,12,14,23H,8-9,11H2,1-5H3/b22-18+. The van der Waals surface area contributed by atoms with Crippen molar-refractivity contribution in [3.8, 4) is 11.5 Å². The van der Waals surface area contributed by atoms with Gasteiger partial charge in [0.2, 0.25) is 5.17 Å². The number of aliphatic imine (C=N–C) groups is 1. The molecular formula is C21H27N3O2S. The minimum Gasteiger partial charge on any atom is -0.493 e. The van der Waals surface area contributed by atoms with Gasteiger partial charge >= 0.3 is 0 Å². The van der Waals surface area contributed by atoms with Crippen molar-refractivity contribution in [3.63, 3.8) is 0 Å². The van der Waals surface area contributed by atoms with Crippen LogP contribution in [0, 0.1) is 16.7 Å². The van der Waals surface area contributed by atoms with E-state index in [9.17, 15) is 0 Å². The molecule has 0 saturated heterocycles. The number of methoxy groups -OCH3 is 2. The molecule has 1 aromatic rings. The van der Waals surface area contributed by atoms with Crippen LogP contribution in [0.3, 0.4) is 0 Å². The van der Waals surface area contributed by atoms with Crippen LogP contribution < -0.4 is 14.9 Å². The quantitative estimate of drug-likeness (QED) is 0.804. The summed E-state index contributed by atoms with van der Waals surface area (Å²) in [6.07, 6.45) is 3.67. The molecule has 2 aliphatic carbocycles. The number of hydrazone groups is 1. The van der Waals surface area contributed by atoms with Crippen molar-refractivity contribution in [2.45, 2.75) is 40.0 Å². The number of ether oxygens (including phenoxy) is 2. The second-order valence-corrected chi connectivity index (χ2v) is 9.11. The molecule has 6 heteroatoms. The average Bonchev–Trinajstić information content (AvgIpc) is 3.01. The summed E-state index contributed by atoms with van der Waals surface area (Å²) >= 11 is 1.57. The lowest BCUT2D eigenvalue weighted by Crippen LogP contribution is -2.33. The Bertz CT molecular complexity index is 859. The van der Waals surface area contributed by atoms with E-state index in [1.165, 1.54) is 18.6 Å². The first-order valence-corrected chi connectivity index (χ1v) is 10.3. The van der Waals surface area contributed by atoms with E-state index < -0.39 is 0 Å². The van der Waals surface area contributed by atoms with E-state index in [1.807, 2.05) is 18.2 Å². The summed E-state index contributed by atoms with van der Waals surface area (Å²) in [5.41, 5.74) is 6.94. The number of nitrogens with one attached hydrogen (secondary N) is 1. The van der Waals surface area contributed by atoms with Crippen LogP contribution in [0.5, 0.6) is 11.5 Å². The van der Waals surface area contributed by atoms with Crippen LogP contribution in [0.2, 0.25) is 0 Å². The van der Waals surface area contributed by atoms with Crippen LogP contribution in [0.4, 0.5) is 0 Å². The topological polar surface area (TPSA) is 55.2 Å². The number of rotatable bonds is 3. The molecule has 1 N–H and O–H groups in total. The van der Waals surface area contributed by atoms with Gasteiger partial charge in [-0.05, 0) is 48.8 Å². The number of nitrogens with zero attached hydrogens (tertiary/aromatic N) is 2. The first-order chi connectivity index (χ1) is 12.9. The van der Waals surface area contributed by atoms with Crippen molar-refractivity contribution in [1.82, 2.24) is 5.43 Å². The fraction of sp³-hybridized carbons (Fsp3) is 0.524. The molecule has 2 bridgehead atoms. The maximum absolute atomic E-state index is 5.39. The van der Waals surface area contributed by atoms with Gasteiger partial charge in [0.05, 0.1) is 19.9 Å². The van der Waals surface area contributed by atoms with E-state index in [-0.39, 0.29) is 5.41 Å². The Morgan fingerprint density at radius 2 is 1.96 bits per heavy atom. The molecule has 2 atom stereocenters. The van der Waals surface area contributed by atoms with E-state index in [4.69, 9.17) is 14.5 Å². The normalized spacial score (nSPS) is 30.0. The third kappa shape index (κ3) is 2.85. The summed E-state index contributed by atoms with van der Waals surface area (Å²) in [5, 5.41) is 7.37. The highest BCUT2D eigenvalue weighted by molar-refractivity contribution is 8.16. The minimum atomic E-state index is 0.202. The van der Waals surface area contributed by atoms with Crippen LogP contribution in [-0.2, 0) is 0 Å². The summed E-state index contributed by atoms with van der Waals surface area (Å²) < 4.78 is 10.7. The summed E-state index contributed by atoms with van der Waals surface area (Å²) in [6, 6.07) is 5.84. The van der Waals surface area contributed by atoms with Crippen LogP contribution >= 0.6 is 11.8 Å². The van der Waals surface area contributed by atoms with Crippen molar-refractivity contribution in [2.24, 2.45) is 26.8 Å². The van der Waals surface area contributed by atoms with Crippen molar-refractivity contribution in [2.75, 3.05) is 14.2 Å². The molecule has 5 nitrogen and oxygen atoms in total. The van der Waals surface area contributed by atoms with Crippen molar-refractivity contribution in [1.29, 1.82) is 0 Å². The van der Waals surface area contributed by atoms with E-state index in [1.54, 1.807) is 26.0 Å². The Kier molecular flexibility index (Phi) is 4.49.